The Morgan fingerprint density at radius 2 is 1.81 bits per heavy atom. The number of aromatic amines is 1. The van der Waals surface area contributed by atoms with Crippen LogP contribution in [0, 0.1) is 0 Å². The summed E-state index contributed by atoms with van der Waals surface area (Å²) >= 11 is 11.7. The van der Waals surface area contributed by atoms with Crippen molar-refractivity contribution >= 4 is 34.8 Å². The van der Waals surface area contributed by atoms with Crippen molar-refractivity contribution in [3.8, 4) is 0 Å². The highest BCUT2D eigenvalue weighted by molar-refractivity contribution is 6.41. The summed E-state index contributed by atoms with van der Waals surface area (Å²) in [4.78, 5) is 23.2. The number of anilines is 1. The van der Waals surface area contributed by atoms with Gasteiger partial charge in [0.05, 0.1) is 5.02 Å². The van der Waals surface area contributed by atoms with Gasteiger partial charge in [-0.05, 0) is 18.2 Å². The van der Waals surface area contributed by atoms with Crippen LogP contribution in [0.2, 0.25) is 10.2 Å². The number of pyridine rings is 1. The Hall–Kier alpha value is -1.72. The van der Waals surface area contributed by atoms with E-state index in [1.807, 2.05) is 12.1 Å². The molecule has 0 radical (unpaired) electrons. The van der Waals surface area contributed by atoms with Gasteiger partial charge >= 0.3 is 0 Å². The van der Waals surface area contributed by atoms with E-state index < -0.39 is 0 Å². The molecule has 1 aliphatic heterocycles. The first-order valence-electron chi connectivity index (χ1n) is 6.63. The number of hydrogen-bond donors (Lipinski definition) is 1. The van der Waals surface area contributed by atoms with E-state index in [9.17, 15) is 4.79 Å². The third-order valence-corrected chi connectivity index (χ3v) is 4.24. The zero-order valence-corrected chi connectivity index (χ0v) is 12.7. The van der Waals surface area contributed by atoms with Gasteiger partial charge in [-0.3, -0.25) is 9.78 Å². The maximum Gasteiger partial charge on any atom is 0.270 e. The van der Waals surface area contributed by atoms with Gasteiger partial charge in [0.1, 0.15) is 10.8 Å². The lowest BCUT2D eigenvalue weighted by molar-refractivity contribution is 0.0741. The number of carbonyl (C=O) groups excluding carboxylic acids is 1. The molecule has 5 nitrogen and oxygen atoms in total. The molecule has 1 amide bonds. The molecule has 1 N–H and O–H groups in total. The van der Waals surface area contributed by atoms with Crippen molar-refractivity contribution in [2.24, 2.45) is 0 Å². The minimum Gasteiger partial charge on any atom is -0.368 e. The highest BCUT2D eigenvalue weighted by Crippen LogP contribution is 2.23. The second-order valence-corrected chi connectivity index (χ2v) is 5.61. The predicted octanol–water partition coefficient (Wildman–Crippen LogP) is 2.68. The van der Waals surface area contributed by atoms with Crippen LogP contribution in [0.5, 0.6) is 0 Å². The number of piperazine rings is 1. The number of nitrogens with zero attached hydrogens (tertiary/aromatic N) is 3. The van der Waals surface area contributed by atoms with Crippen molar-refractivity contribution in [1.82, 2.24) is 14.9 Å². The summed E-state index contributed by atoms with van der Waals surface area (Å²) in [5, 5.41) is 0.672. The zero-order chi connectivity index (χ0) is 14.8. The summed E-state index contributed by atoms with van der Waals surface area (Å²) < 4.78 is 0. The molecule has 1 saturated heterocycles. The molecule has 3 heterocycles. The molecule has 2 aromatic rings. The summed E-state index contributed by atoms with van der Waals surface area (Å²) in [6.45, 7) is 2.90. The Morgan fingerprint density at radius 3 is 2.38 bits per heavy atom. The number of nitrogens with one attached hydrogen (secondary N) is 1. The SMILES string of the molecule is O=C(c1cc(Cl)c(Cl)[nH]1)N1CCN(c2ccncc2)CC1. The van der Waals surface area contributed by atoms with Gasteiger partial charge in [0.25, 0.3) is 5.91 Å². The number of rotatable bonds is 2. The summed E-state index contributed by atoms with van der Waals surface area (Å²) in [5.74, 6) is -0.0711. The van der Waals surface area contributed by atoms with Crippen LogP contribution >= 0.6 is 23.2 Å². The van der Waals surface area contributed by atoms with Crippen LogP contribution in [0.15, 0.2) is 30.6 Å². The number of hydrogen-bond acceptors (Lipinski definition) is 3. The van der Waals surface area contributed by atoms with Crippen molar-refractivity contribution in [3.05, 3.63) is 46.5 Å². The highest BCUT2D eigenvalue weighted by Gasteiger charge is 2.23. The molecule has 0 unspecified atom stereocenters. The topological polar surface area (TPSA) is 52.2 Å². The summed E-state index contributed by atoms with van der Waals surface area (Å²) in [5.41, 5.74) is 1.56. The Kier molecular flexibility index (Phi) is 4.03. The van der Waals surface area contributed by atoms with Gasteiger partial charge in [0.2, 0.25) is 0 Å². The van der Waals surface area contributed by atoms with Crippen LogP contribution in [0.3, 0.4) is 0 Å². The van der Waals surface area contributed by atoms with E-state index in [0.717, 1.165) is 18.8 Å². The molecule has 1 fully saturated rings. The van der Waals surface area contributed by atoms with Crippen molar-refractivity contribution in [1.29, 1.82) is 0 Å². The highest BCUT2D eigenvalue weighted by atomic mass is 35.5. The van der Waals surface area contributed by atoms with E-state index in [4.69, 9.17) is 23.2 Å². The van der Waals surface area contributed by atoms with Crippen LogP contribution < -0.4 is 4.90 Å². The first kappa shape index (κ1) is 14.2. The summed E-state index contributed by atoms with van der Waals surface area (Å²) in [6.07, 6.45) is 3.55. The molecule has 1 aliphatic rings. The Balaban J connectivity index is 1.64. The number of carbonyl (C=O) groups is 1. The second-order valence-electron chi connectivity index (χ2n) is 4.83. The van der Waals surface area contributed by atoms with E-state index in [1.54, 1.807) is 23.4 Å². The number of H-pyrrole nitrogens is 1. The lowest BCUT2D eigenvalue weighted by Gasteiger charge is -2.35. The van der Waals surface area contributed by atoms with Crippen molar-refractivity contribution in [3.63, 3.8) is 0 Å². The van der Waals surface area contributed by atoms with Gasteiger partial charge in [-0.15, -0.1) is 0 Å². The van der Waals surface area contributed by atoms with Crippen LogP contribution in [-0.4, -0.2) is 47.0 Å². The average Bonchev–Trinajstić information content (AvgIpc) is 2.87. The summed E-state index contributed by atoms with van der Waals surface area (Å²) in [7, 11) is 0. The smallest absolute Gasteiger partial charge is 0.270 e. The number of halogens is 2. The molecule has 2 aromatic heterocycles. The first-order chi connectivity index (χ1) is 10.1. The molecule has 0 saturated carbocycles. The van der Waals surface area contributed by atoms with E-state index in [2.05, 4.69) is 14.9 Å². The van der Waals surface area contributed by atoms with E-state index in [0.29, 0.717) is 29.0 Å². The molecular weight excluding hydrogens is 311 g/mol. The maximum atomic E-state index is 12.4. The fourth-order valence-corrected chi connectivity index (χ4v) is 2.72. The van der Waals surface area contributed by atoms with Gasteiger partial charge in [-0.1, -0.05) is 23.2 Å². The van der Waals surface area contributed by atoms with Gasteiger partial charge < -0.3 is 14.8 Å². The second kappa shape index (κ2) is 5.95. The molecule has 0 aromatic carbocycles. The quantitative estimate of drug-likeness (QED) is 0.924. The van der Waals surface area contributed by atoms with Crippen LogP contribution in [-0.2, 0) is 0 Å². The summed E-state index contributed by atoms with van der Waals surface area (Å²) in [6, 6.07) is 5.52. The molecule has 110 valence electrons. The maximum absolute atomic E-state index is 12.4. The molecule has 0 aliphatic carbocycles. The first-order valence-corrected chi connectivity index (χ1v) is 7.39. The lowest BCUT2D eigenvalue weighted by atomic mass is 10.2. The predicted molar refractivity (Wildman–Crippen MR) is 83.2 cm³/mol. The normalized spacial score (nSPS) is 15.3. The molecule has 7 heteroatoms. The Bertz CT molecular complexity index is 616. The van der Waals surface area contributed by atoms with Gasteiger partial charge in [-0.2, -0.15) is 0 Å². The molecular formula is C14H14Cl2N4O. The molecule has 3 rings (SSSR count). The fourth-order valence-electron chi connectivity index (χ4n) is 2.41. The number of aromatic nitrogens is 2. The van der Waals surface area contributed by atoms with Crippen LogP contribution in [0.25, 0.3) is 0 Å². The minimum atomic E-state index is -0.0711. The minimum absolute atomic E-state index is 0.0711. The standard InChI is InChI=1S/C14H14Cl2N4O/c15-11-9-12(18-13(11)16)14(21)20-7-5-19(6-8-20)10-1-3-17-4-2-10/h1-4,9,18H,5-8H2. The monoisotopic (exact) mass is 324 g/mol. The van der Waals surface area contributed by atoms with Crippen LogP contribution in [0.4, 0.5) is 5.69 Å². The average molecular weight is 325 g/mol. The molecule has 0 atom stereocenters. The van der Waals surface area contributed by atoms with Gasteiger partial charge in [0.15, 0.2) is 0 Å². The van der Waals surface area contributed by atoms with E-state index >= 15 is 0 Å². The van der Waals surface area contributed by atoms with Crippen LogP contribution in [0.1, 0.15) is 10.5 Å². The Labute approximate surface area is 132 Å². The van der Waals surface area contributed by atoms with Crippen molar-refractivity contribution in [2.45, 2.75) is 0 Å². The van der Waals surface area contributed by atoms with Gasteiger partial charge in [0, 0.05) is 44.3 Å². The third kappa shape index (κ3) is 2.99. The van der Waals surface area contributed by atoms with Gasteiger partial charge in [-0.25, -0.2) is 0 Å². The molecule has 0 bridgehead atoms. The lowest BCUT2D eigenvalue weighted by Crippen LogP contribution is -2.48. The fraction of sp³-hybridized carbons (Fsp3) is 0.286. The zero-order valence-electron chi connectivity index (χ0n) is 11.2. The van der Waals surface area contributed by atoms with Crippen molar-refractivity contribution in [2.75, 3.05) is 31.1 Å². The molecule has 21 heavy (non-hydrogen) atoms. The van der Waals surface area contributed by atoms with E-state index in [-0.39, 0.29) is 5.91 Å². The molecule has 0 spiro atoms. The Morgan fingerprint density at radius 1 is 1.14 bits per heavy atom. The van der Waals surface area contributed by atoms with E-state index in [1.165, 1.54) is 0 Å². The third-order valence-electron chi connectivity index (χ3n) is 3.55. The largest absolute Gasteiger partial charge is 0.368 e. The number of amides is 1. The van der Waals surface area contributed by atoms with Crippen molar-refractivity contribution < 1.29 is 4.79 Å².